The summed E-state index contributed by atoms with van der Waals surface area (Å²) in [5.41, 5.74) is 6.49. The molecule has 4 heteroatoms. The normalized spacial score (nSPS) is 20.6. The minimum Gasteiger partial charge on any atom is -0.341 e. The molecule has 1 aliphatic rings. The summed E-state index contributed by atoms with van der Waals surface area (Å²) >= 11 is 0. The highest BCUT2D eigenvalue weighted by Gasteiger charge is 2.26. The van der Waals surface area contributed by atoms with E-state index in [-0.39, 0.29) is 23.7 Å². The molecule has 1 heterocycles. The van der Waals surface area contributed by atoms with E-state index >= 15 is 0 Å². The molecule has 1 fully saturated rings. The third-order valence-corrected chi connectivity index (χ3v) is 3.76. The first-order chi connectivity index (χ1) is 9.08. The topological polar surface area (TPSA) is 46.3 Å². The molecule has 0 aromatic heterocycles. The maximum absolute atomic E-state index is 13.5. The number of halogens is 1. The van der Waals surface area contributed by atoms with E-state index in [2.05, 4.69) is 0 Å². The van der Waals surface area contributed by atoms with Crippen molar-refractivity contribution in [1.82, 2.24) is 4.90 Å². The van der Waals surface area contributed by atoms with Crippen LogP contribution in [0, 0.1) is 11.7 Å². The Morgan fingerprint density at radius 1 is 1.53 bits per heavy atom. The van der Waals surface area contributed by atoms with Crippen LogP contribution in [-0.2, 0) is 11.2 Å². The van der Waals surface area contributed by atoms with Gasteiger partial charge in [0.2, 0.25) is 5.91 Å². The minimum absolute atomic E-state index is 0.0788. The molecule has 1 aliphatic heterocycles. The van der Waals surface area contributed by atoms with Gasteiger partial charge in [-0.2, -0.15) is 0 Å². The predicted molar refractivity (Wildman–Crippen MR) is 73.1 cm³/mol. The third kappa shape index (κ3) is 3.53. The fourth-order valence-electron chi connectivity index (χ4n) is 2.50. The molecule has 2 atom stereocenters. The first kappa shape index (κ1) is 14.0. The van der Waals surface area contributed by atoms with Gasteiger partial charge in [-0.15, -0.1) is 0 Å². The number of hydrogen-bond donors (Lipinski definition) is 1. The Bertz CT molecular complexity index is 450. The highest BCUT2D eigenvalue weighted by Crippen LogP contribution is 2.17. The summed E-state index contributed by atoms with van der Waals surface area (Å²) < 4.78 is 13.5. The molecule has 1 amide bonds. The predicted octanol–water partition coefficient (Wildman–Crippen LogP) is 1.95. The van der Waals surface area contributed by atoms with Crippen molar-refractivity contribution in [3.63, 3.8) is 0 Å². The van der Waals surface area contributed by atoms with E-state index in [4.69, 9.17) is 5.73 Å². The number of rotatable bonds is 4. The quantitative estimate of drug-likeness (QED) is 0.903. The molecule has 1 aromatic carbocycles. The highest BCUT2D eigenvalue weighted by molar-refractivity contribution is 5.78. The number of nitrogens with zero attached hydrogens (tertiary/aromatic N) is 1. The van der Waals surface area contributed by atoms with Gasteiger partial charge in [0.15, 0.2) is 0 Å². The lowest BCUT2D eigenvalue weighted by Gasteiger charge is -2.20. The Morgan fingerprint density at radius 2 is 2.26 bits per heavy atom. The van der Waals surface area contributed by atoms with Crippen molar-refractivity contribution in [1.29, 1.82) is 0 Å². The Kier molecular flexibility index (Phi) is 4.53. The maximum Gasteiger partial charge on any atom is 0.225 e. The summed E-state index contributed by atoms with van der Waals surface area (Å²) in [6, 6.07) is 6.85. The molecular weight excluding hydrogens is 243 g/mol. The highest BCUT2D eigenvalue weighted by atomic mass is 19.1. The van der Waals surface area contributed by atoms with Gasteiger partial charge in [-0.25, -0.2) is 4.39 Å². The summed E-state index contributed by atoms with van der Waals surface area (Å²) in [5, 5.41) is 0. The van der Waals surface area contributed by atoms with Crippen LogP contribution in [0.15, 0.2) is 24.3 Å². The van der Waals surface area contributed by atoms with Gasteiger partial charge in [-0.3, -0.25) is 4.79 Å². The standard InChI is InChI=1S/C15H21FN2O/c1-11(15(19)18-9-8-13(17)10-18)6-7-12-4-2-3-5-14(12)16/h2-5,11,13H,6-10,17H2,1H3/t11?,13-/m1/s1. The summed E-state index contributed by atoms with van der Waals surface area (Å²) in [6.45, 7) is 3.32. The number of hydrogen-bond acceptors (Lipinski definition) is 2. The zero-order chi connectivity index (χ0) is 13.8. The molecule has 0 spiro atoms. The van der Waals surface area contributed by atoms with Gasteiger partial charge >= 0.3 is 0 Å². The summed E-state index contributed by atoms with van der Waals surface area (Å²) in [4.78, 5) is 14.0. The van der Waals surface area contributed by atoms with Crippen LogP contribution in [0.1, 0.15) is 25.3 Å². The maximum atomic E-state index is 13.5. The third-order valence-electron chi connectivity index (χ3n) is 3.76. The molecule has 0 bridgehead atoms. The Morgan fingerprint density at radius 3 is 2.89 bits per heavy atom. The fourth-order valence-corrected chi connectivity index (χ4v) is 2.50. The number of likely N-dealkylation sites (tertiary alicyclic amines) is 1. The fraction of sp³-hybridized carbons (Fsp3) is 0.533. The second kappa shape index (κ2) is 6.15. The van der Waals surface area contributed by atoms with E-state index in [1.165, 1.54) is 6.07 Å². The number of amides is 1. The van der Waals surface area contributed by atoms with Crippen LogP contribution < -0.4 is 5.73 Å². The van der Waals surface area contributed by atoms with Crippen LogP contribution in [0.5, 0.6) is 0 Å². The van der Waals surface area contributed by atoms with Crippen molar-refractivity contribution in [2.24, 2.45) is 11.7 Å². The van der Waals surface area contributed by atoms with E-state index in [1.54, 1.807) is 12.1 Å². The van der Waals surface area contributed by atoms with Crippen LogP contribution in [0.3, 0.4) is 0 Å². The second-order valence-electron chi connectivity index (χ2n) is 5.36. The lowest BCUT2D eigenvalue weighted by atomic mass is 9.99. The van der Waals surface area contributed by atoms with Gasteiger partial charge in [0, 0.05) is 25.0 Å². The summed E-state index contributed by atoms with van der Waals surface area (Å²) in [7, 11) is 0. The zero-order valence-electron chi connectivity index (χ0n) is 11.3. The van der Waals surface area contributed by atoms with E-state index in [1.807, 2.05) is 17.9 Å². The van der Waals surface area contributed by atoms with Crippen molar-refractivity contribution < 1.29 is 9.18 Å². The molecule has 0 saturated carbocycles. The van der Waals surface area contributed by atoms with Crippen LogP contribution in [0.2, 0.25) is 0 Å². The smallest absolute Gasteiger partial charge is 0.225 e. The lowest BCUT2D eigenvalue weighted by Crippen LogP contribution is -2.35. The van der Waals surface area contributed by atoms with E-state index in [0.717, 1.165) is 13.0 Å². The molecule has 2 N–H and O–H groups in total. The van der Waals surface area contributed by atoms with Gasteiger partial charge in [-0.1, -0.05) is 25.1 Å². The monoisotopic (exact) mass is 264 g/mol. The molecule has 1 saturated heterocycles. The molecule has 0 radical (unpaired) electrons. The minimum atomic E-state index is -0.189. The van der Waals surface area contributed by atoms with Crippen molar-refractivity contribution in [2.75, 3.05) is 13.1 Å². The Hall–Kier alpha value is -1.42. The first-order valence-electron chi connectivity index (χ1n) is 6.85. The van der Waals surface area contributed by atoms with Gasteiger partial charge in [-0.05, 0) is 30.9 Å². The Balaban J connectivity index is 1.86. The number of carbonyl (C=O) groups excluding carboxylic acids is 1. The van der Waals surface area contributed by atoms with Crippen LogP contribution in [0.25, 0.3) is 0 Å². The van der Waals surface area contributed by atoms with Crippen molar-refractivity contribution in [3.05, 3.63) is 35.6 Å². The van der Waals surface area contributed by atoms with E-state index in [0.29, 0.717) is 24.9 Å². The average Bonchev–Trinajstić information content (AvgIpc) is 2.83. The van der Waals surface area contributed by atoms with Crippen molar-refractivity contribution in [3.8, 4) is 0 Å². The lowest BCUT2D eigenvalue weighted by molar-refractivity contribution is -0.134. The number of carbonyl (C=O) groups is 1. The average molecular weight is 264 g/mol. The second-order valence-corrected chi connectivity index (χ2v) is 5.36. The molecule has 1 unspecified atom stereocenters. The number of nitrogens with two attached hydrogens (primary N) is 1. The number of benzene rings is 1. The van der Waals surface area contributed by atoms with Gasteiger partial charge in [0.1, 0.15) is 5.82 Å². The van der Waals surface area contributed by atoms with Gasteiger partial charge in [0.25, 0.3) is 0 Å². The largest absolute Gasteiger partial charge is 0.341 e. The Labute approximate surface area is 113 Å². The van der Waals surface area contributed by atoms with Crippen LogP contribution in [0.4, 0.5) is 4.39 Å². The van der Waals surface area contributed by atoms with Crippen molar-refractivity contribution >= 4 is 5.91 Å². The van der Waals surface area contributed by atoms with E-state index in [9.17, 15) is 9.18 Å². The van der Waals surface area contributed by atoms with Crippen LogP contribution in [-0.4, -0.2) is 29.9 Å². The molecule has 0 aliphatic carbocycles. The first-order valence-corrected chi connectivity index (χ1v) is 6.85. The summed E-state index contributed by atoms with van der Waals surface area (Å²) in [6.07, 6.45) is 2.15. The van der Waals surface area contributed by atoms with E-state index < -0.39 is 0 Å². The summed E-state index contributed by atoms with van der Waals surface area (Å²) in [5.74, 6) is -0.125. The SMILES string of the molecule is CC(CCc1ccccc1F)C(=O)N1CC[C@@H](N)C1. The van der Waals surface area contributed by atoms with Crippen LogP contribution >= 0.6 is 0 Å². The van der Waals surface area contributed by atoms with Crippen molar-refractivity contribution in [2.45, 2.75) is 32.2 Å². The molecule has 2 rings (SSSR count). The molecule has 19 heavy (non-hydrogen) atoms. The van der Waals surface area contributed by atoms with Gasteiger partial charge in [0.05, 0.1) is 0 Å². The zero-order valence-corrected chi connectivity index (χ0v) is 11.3. The molecule has 104 valence electrons. The molecular formula is C15H21FN2O. The van der Waals surface area contributed by atoms with Gasteiger partial charge < -0.3 is 10.6 Å². The molecule has 1 aromatic rings. The molecule has 3 nitrogen and oxygen atoms in total. The number of aryl methyl sites for hydroxylation is 1.